The lowest BCUT2D eigenvalue weighted by atomic mass is 10.2. The number of hydrogen-bond acceptors (Lipinski definition) is 4. The van der Waals surface area contributed by atoms with Crippen molar-refractivity contribution >= 4 is 0 Å². The van der Waals surface area contributed by atoms with Crippen LogP contribution in [0.2, 0.25) is 0 Å². The van der Waals surface area contributed by atoms with E-state index in [0.717, 1.165) is 39.3 Å². The predicted octanol–water partition coefficient (Wildman–Crippen LogP) is 1.03. The molecule has 108 valence electrons. The largest absolute Gasteiger partial charge is 0.374 e. The molecule has 4 heteroatoms. The van der Waals surface area contributed by atoms with Gasteiger partial charge in [-0.3, -0.25) is 4.90 Å². The predicted molar refractivity (Wildman–Crippen MR) is 77.1 cm³/mol. The number of ether oxygens (including phenoxy) is 1. The Hall–Kier alpha value is -0.160. The molecule has 1 fully saturated rings. The van der Waals surface area contributed by atoms with Crippen molar-refractivity contribution in [3.05, 3.63) is 0 Å². The molecule has 1 aliphatic rings. The van der Waals surface area contributed by atoms with Gasteiger partial charge in [-0.25, -0.2) is 0 Å². The van der Waals surface area contributed by atoms with Crippen LogP contribution in [-0.4, -0.2) is 74.9 Å². The van der Waals surface area contributed by atoms with Crippen molar-refractivity contribution in [2.75, 3.05) is 52.9 Å². The van der Waals surface area contributed by atoms with Crippen molar-refractivity contribution in [1.82, 2.24) is 15.1 Å². The van der Waals surface area contributed by atoms with Crippen LogP contribution in [0, 0.1) is 0 Å². The summed E-state index contributed by atoms with van der Waals surface area (Å²) < 4.78 is 5.83. The summed E-state index contributed by atoms with van der Waals surface area (Å²) in [6, 6.07) is 0.598. The lowest BCUT2D eigenvalue weighted by molar-refractivity contribution is -0.0401. The van der Waals surface area contributed by atoms with Gasteiger partial charge in [-0.1, -0.05) is 20.8 Å². The summed E-state index contributed by atoms with van der Waals surface area (Å²) in [7, 11) is 2.16. The highest BCUT2D eigenvalue weighted by atomic mass is 16.5. The Kier molecular flexibility index (Phi) is 7.82. The Morgan fingerprint density at radius 2 is 2.22 bits per heavy atom. The van der Waals surface area contributed by atoms with E-state index in [1.807, 2.05) is 0 Å². The zero-order valence-electron chi connectivity index (χ0n) is 12.6. The van der Waals surface area contributed by atoms with Crippen LogP contribution in [0.5, 0.6) is 0 Å². The van der Waals surface area contributed by atoms with Crippen LogP contribution in [0.1, 0.15) is 27.2 Å². The van der Waals surface area contributed by atoms with Gasteiger partial charge in [0.05, 0.1) is 12.7 Å². The zero-order chi connectivity index (χ0) is 13.4. The van der Waals surface area contributed by atoms with Gasteiger partial charge in [0, 0.05) is 25.7 Å². The van der Waals surface area contributed by atoms with Gasteiger partial charge in [0.2, 0.25) is 0 Å². The molecule has 1 heterocycles. The molecule has 1 rings (SSSR count). The molecule has 0 amide bonds. The van der Waals surface area contributed by atoms with E-state index in [4.69, 9.17) is 4.74 Å². The maximum Gasteiger partial charge on any atom is 0.0829 e. The highest BCUT2D eigenvalue weighted by Gasteiger charge is 2.20. The van der Waals surface area contributed by atoms with E-state index in [-0.39, 0.29) is 0 Å². The number of hydrogen-bond donors (Lipinski definition) is 1. The first-order valence-corrected chi connectivity index (χ1v) is 7.37. The second-order valence-electron chi connectivity index (χ2n) is 5.61. The molecule has 4 nitrogen and oxygen atoms in total. The maximum atomic E-state index is 5.83. The molecule has 1 atom stereocenters. The SMILES string of the molecule is CCN(C)C[C@@H]1CN(CCCNC(C)C)CCO1. The van der Waals surface area contributed by atoms with E-state index >= 15 is 0 Å². The van der Waals surface area contributed by atoms with Gasteiger partial charge in [0.1, 0.15) is 0 Å². The minimum absolute atomic E-state index is 0.391. The van der Waals surface area contributed by atoms with Crippen LogP contribution in [0.25, 0.3) is 0 Å². The number of likely N-dealkylation sites (N-methyl/N-ethyl adjacent to an activating group) is 1. The number of nitrogens with zero attached hydrogens (tertiary/aromatic N) is 2. The monoisotopic (exact) mass is 257 g/mol. The molecular formula is C14H31N3O. The summed E-state index contributed by atoms with van der Waals surface area (Å²) in [5.41, 5.74) is 0. The van der Waals surface area contributed by atoms with Gasteiger partial charge in [-0.05, 0) is 33.1 Å². The molecule has 1 N–H and O–H groups in total. The lowest BCUT2D eigenvalue weighted by Crippen LogP contribution is -2.47. The third-order valence-corrected chi connectivity index (χ3v) is 3.48. The van der Waals surface area contributed by atoms with Crippen LogP contribution in [0.15, 0.2) is 0 Å². The lowest BCUT2D eigenvalue weighted by Gasteiger charge is -2.34. The quantitative estimate of drug-likeness (QED) is 0.657. The molecule has 18 heavy (non-hydrogen) atoms. The minimum atomic E-state index is 0.391. The van der Waals surface area contributed by atoms with Crippen LogP contribution >= 0.6 is 0 Å². The fourth-order valence-electron chi connectivity index (χ4n) is 2.26. The molecule has 0 aromatic carbocycles. The second-order valence-corrected chi connectivity index (χ2v) is 5.61. The highest BCUT2D eigenvalue weighted by Crippen LogP contribution is 2.06. The third kappa shape index (κ3) is 6.69. The van der Waals surface area contributed by atoms with E-state index in [0.29, 0.717) is 12.1 Å². The minimum Gasteiger partial charge on any atom is -0.374 e. The van der Waals surface area contributed by atoms with Crippen molar-refractivity contribution in [1.29, 1.82) is 0 Å². The molecule has 0 aromatic rings. The van der Waals surface area contributed by atoms with Crippen LogP contribution < -0.4 is 5.32 Å². The summed E-state index contributed by atoms with van der Waals surface area (Å²) in [4.78, 5) is 4.87. The average Bonchev–Trinajstić information content (AvgIpc) is 2.35. The molecule has 1 saturated heterocycles. The van der Waals surface area contributed by atoms with Crippen LogP contribution in [0.3, 0.4) is 0 Å². The smallest absolute Gasteiger partial charge is 0.0829 e. The van der Waals surface area contributed by atoms with E-state index in [1.165, 1.54) is 13.0 Å². The van der Waals surface area contributed by atoms with Gasteiger partial charge in [0.25, 0.3) is 0 Å². The molecule has 0 aliphatic carbocycles. The van der Waals surface area contributed by atoms with Crippen molar-refractivity contribution in [3.63, 3.8) is 0 Å². The number of morpholine rings is 1. The van der Waals surface area contributed by atoms with Crippen LogP contribution in [0.4, 0.5) is 0 Å². The van der Waals surface area contributed by atoms with Gasteiger partial charge in [0.15, 0.2) is 0 Å². The molecule has 1 aliphatic heterocycles. The fourth-order valence-corrected chi connectivity index (χ4v) is 2.26. The summed E-state index contributed by atoms with van der Waals surface area (Å²) in [5.74, 6) is 0. The number of rotatable bonds is 8. The summed E-state index contributed by atoms with van der Waals surface area (Å²) in [6.07, 6.45) is 1.62. The Morgan fingerprint density at radius 1 is 1.44 bits per heavy atom. The number of nitrogens with one attached hydrogen (secondary N) is 1. The first-order chi connectivity index (χ1) is 8.61. The van der Waals surface area contributed by atoms with Crippen molar-refractivity contribution in [2.24, 2.45) is 0 Å². The zero-order valence-corrected chi connectivity index (χ0v) is 12.6. The molecule has 0 unspecified atom stereocenters. The fraction of sp³-hybridized carbons (Fsp3) is 1.00. The molecule has 0 spiro atoms. The topological polar surface area (TPSA) is 27.7 Å². The third-order valence-electron chi connectivity index (χ3n) is 3.48. The standard InChI is InChI=1S/C14H31N3O/c1-5-16(4)11-14-12-17(9-10-18-14)8-6-7-15-13(2)3/h13-15H,5-12H2,1-4H3/t14-/m1/s1. The summed E-state index contributed by atoms with van der Waals surface area (Å²) in [5, 5.41) is 3.47. The molecule has 0 aromatic heterocycles. The van der Waals surface area contributed by atoms with E-state index in [2.05, 4.69) is 42.9 Å². The summed E-state index contributed by atoms with van der Waals surface area (Å²) >= 11 is 0. The van der Waals surface area contributed by atoms with E-state index < -0.39 is 0 Å². The van der Waals surface area contributed by atoms with Crippen LogP contribution in [-0.2, 0) is 4.74 Å². The average molecular weight is 257 g/mol. The highest BCUT2D eigenvalue weighted by molar-refractivity contribution is 4.74. The van der Waals surface area contributed by atoms with Crippen molar-refractivity contribution in [2.45, 2.75) is 39.3 Å². The van der Waals surface area contributed by atoms with Gasteiger partial charge < -0.3 is 15.0 Å². The summed E-state index contributed by atoms with van der Waals surface area (Å²) in [6.45, 7) is 14.1. The first kappa shape index (κ1) is 15.9. The Bertz CT molecular complexity index is 211. The van der Waals surface area contributed by atoms with Gasteiger partial charge in [-0.2, -0.15) is 0 Å². The molecule has 0 saturated carbocycles. The second kappa shape index (κ2) is 8.86. The van der Waals surface area contributed by atoms with Crippen molar-refractivity contribution in [3.8, 4) is 0 Å². The maximum absolute atomic E-state index is 5.83. The Labute approximate surface area is 113 Å². The van der Waals surface area contributed by atoms with Gasteiger partial charge >= 0.3 is 0 Å². The Morgan fingerprint density at radius 3 is 2.89 bits per heavy atom. The molecule has 0 bridgehead atoms. The van der Waals surface area contributed by atoms with E-state index in [9.17, 15) is 0 Å². The first-order valence-electron chi connectivity index (χ1n) is 7.37. The van der Waals surface area contributed by atoms with E-state index in [1.54, 1.807) is 0 Å². The Balaban J connectivity index is 2.14. The van der Waals surface area contributed by atoms with Gasteiger partial charge in [-0.15, -0.1) is 0 Å². The van der Waals surface area contributed by atoms with Crippen molar-refractivity contribution < 1.29 is 4.74 Å². The normalized spacial score (nSPS) is 22.0. The molecular weight excluding hydrogens is 226 g/mol. The molecule has 0 radical (unpaired) electrons.